The van der Waals surface area contributed by atoms with Gasteiger partial charge in [0.1, 0.15) is 50.3 Å². The summed E-state index contributed by atoms with van der Waals surface area (Å²) in [6.45, 7) is 7.66. The lowest BCUT2D eigenvalue weighted by Crippen LogP contribution is -2.12. The van der Waals surface area contributed by atoms with Crippen molar-refractivity contribution in [2.75, 3.05) is 39.5 Å². The Hall–Kier alpha value is -4.85. The third kappa shape index (κ3) is 17.5. The van der Waals surface area contributed by atoms with Crippen LogP contribution >= 0.6 is 11.6 Å². The highest BCUT2D eigenvalue weighted by atomic mass is 35.5. The molecule has 0 atom stereocenters. The molecule has 0 spiro atoms. The van der Waals surface area contributed by atoms with Gasteiger partial charge in [-0.1, -0.05) is 57.0 Å². The normalized spacial score (nSPS) is 11.5. The van der Waals surface area contributed by atoms with Crippen molar-refractivity contribution in [2.24, 2.45) is 20.6 Å². The van der Waals surface area contributed by atoms with E-state index in [1.165, 1.54) is 28.4 Å². The number of methoxy groups -OCH3 is 2. The SMILES string of the molecule is CO/N=C(C)/C(C)=N/OCc1ccccc1N.CO/N=C(C)/C(C)=N/OCc1ccccc1NC(=O)OC.COC(=O)Cl. The van der Waals surface area contributed by atoms with Gasteiger partial charge in [0.25, 0.3) is 0 Å². The molecule has 0 bridgehead atoms. The highest BCUT2D eigenvalue weighted by Crippen LogP contribution is 2.16. The van der Waals surface area contributed by atoms with Crippen molar-refractivity contribution in [2.45, 2.75) is 40.9 Å². The van der Waals surface area contributed by atoms with E-state index in [1.807, 2.05) is 36.4 Å². The first-order valence-electron chi connectivity index (χ1n) is 12.5. The summed E-state index contributed by atoms with van der Waals surface area (Å²) in [5, 5.41) is 18.0. The number of nitrogens with two attached hydrogens (primary N) is 1. The van der Waals surface area contributed by atoms with Gasteiger partial charge in [-0.25, -0.2) is 9.59 Å². The average molecular weight is 623 g/mol. The zero-order chi connectivity index (χ0) is 32.6. The Morgan fingerprint density at radius 1 is 0.698 bits per heavy atom. The lowest BCUT2D eigenvalue weighted by molar-refractivity contribution is 0.131. The van der Waals surface area contributed by atoms with Crippen LogP contribution in [0.3, 0.4) is 0 Å². The number of hydrogen-bond acceptors (Lipinski definition) is 13. The van der Waals surface area contributed by atoms with Crippen LogP contribution < -0.4 is 11.1 Å². The Labute approximate surface area is 256 Å². The van der Waals surface area contributed by atoms with Gasteiger partial charge in [-0.05, 0) is 39.8 Å². The van der Waals surface area contributed by atoms with E-state index in [0.717, 1.165) is 11.1 Å². The van der Waals surface area contributed by atoms with Crippen LogP contribution in [0.1, 0.15) is 38.8 Å². The molecule has 2 rings (SSSR count). The van der Waals surface area contributed by atoms with Gasteiger partial charge in [-0.15, -0.1) is 0 Å². The van der Waals surface area contributed by atoms with E-state index in [1.54, 1.807) is 39.8 Å². The molecular weight excluding hydrogens is 584 g/mol. The number of anilines is 2. The molecule has 14 nitrogen and oxygen atoms in total. The van der Waals surface area contributed by atoms with Crippen LogP contribution in [-0.4, -0.2) is 62.8 Å². The lowest BCUT2D eigenvalue weighted by atomic mass is 10.2. The maximum absolute atomic E-state index is 11.2. The molecule has 2 aromatic rings. The molecule has 236 valence electrons. The number of amides is 1. The summed E-state index contributed by atoms with van der Waals surface area (Å²) < 4.78 is 8.44. The Morgan fingerprint density at radius 2 is 1.12 bits per heavy atom. The van der Waals surface area contributed by atoms with Crippen LogP contribution in [-0.2, 0) is 42.0 Å². The number of halogens is 1. The van der Waals surface area contributed by atoms with Crippen molar-refractivity contribution in [3.8, 4) is 0 Å². The topological polar surface area (TPSA) is 177 Å². The lowest BCUT2D eigenvalue weighted by Gasteiger charge is -2.09. The number of carbonyl (C=O) groups is 2. The Bertz CT molecular complexity index is 1270. The molecular formula is C28H39ClN6O8. The van der Waals surface area contributed by atoms with Crippen molar-refractivity contribution in [1.82, 2.24) is 0 Å². The Balaban J connectivity index is 0.000000720. The van der Waals surface area contributed by atoms with Gasteiger partial charge in [0.2, 0.25) is 0 Å². The second-order valence-electron chi connectivity index (χ2n) is 8.03. The van der Waals surface area contributed by atoms with Crippen molar-refractivity contribution in [1.29, 1.82) is 0 Å². The molecule has 0 saturated carbocycles. The van der Waals surface area contributed by atoms with Crippen molar-refractivity contribution in [3.05, 3.63) is 59.7 Å². The predicted octanol–water partition coefficient (Wildman–Crippen LogP) is 5.95. The van der Waals surface area contributed by atoms with Gasteiger partial charge in [0, 0.05) is 28.4 Å². The van der Waals surface area contributed by atoms with Gasteiger partial charge in [-0.3, -0.25) is 5.32 Å². The van der Waals surface area contributed by atoms with Gasteiger partial charge < -0.3 is 34.6 Å². The number of para-hydroxylation sites is 2. The van der Waals surface area contributed by atoms with Crippen molar-refractivity contribution >= 4 is 57.3 Å². The number of nitrogens with zero attached hydrogens (tertiary/aromatic N) is 4. The summed E-state index contributed by atoms with van der Waals surface area (Å²) in [6, 6.07) is 14.7. The summed E-state index contributed by atoms with van der Waals surface area (Å²) in [4.78, 5) is 40.4. The zero-order valence-corrected chi connectivity index (χ0v) is 26.3. The van der Waals surface area contributed by atoms with Crippen LogP contribution in [0.4, 0.5) is 21.0 Å². The molecule has 15 heteroatoms. The minimum atomic E-state index is -0.773. The van der Waals surface area contributed by atoms with E-state index in [9.17, 15) is 9.59 Å². The molecule has 0 unspecified atom stereocenters. The predicted molar refractivity (Wildman–Crippen MR) is 168 cm³/mol. The second-order valence-corrected chi connectivity index (χ2v) is 8.34. The van der Waals surface area contributed by atoms with Gasteiger partial charge in [-0.2, -0.15) is 0 Å². The number of carbonyl (C=O) groups excluding carboxylic acids is 2. The summed E-state index contributed by atoms with van der Waals surface area (Å²) in [7, 11) is 5.48. The van der Waals surface area contributed by atoms with Gasteiger partial charge in [0.15, 0.2) is 0 Å². The number of nitrogens with one attached hydrogen (secondary N) is 1. The fourth-order valence-electron chi connectivity index (χ4n) is 2.53. The average Bonchev–Trinajstić information content (AvgIpc) is 2.99. The van der Waals surface area contributed by atoms with Gasteiger partial charge >= 0.3 is 11.5 Å². The molecule has 0 saturated heterocycles. The number of oxime groups is 4. The molecule has 0 fully saturated rings. The van der Waals surface area contributed by atoms with E-state index >= 15 is 0 Å². The quantitative estimate of drug-likeness (QED) is 0.132. The maximum Gasteiger partial charge on any atom is 0.411 e. The molecule has 1 amide bonds. The van der Waals surface area contributed by atoms with Crippen LogP contribution in [0, 0.1) is 0 Å². The third-order valence-electron chi connectivity index (χ3n) is 5.00. The minimum absolute atomic E-state index is 0.206. The van der Waals surface area contributed by atoms with Crippen LogP contribution in [0.15, 0.2) is 69.2 Å². The third-order valence-corrected chi connectivity index (χ3v) is 5.16. The first-order valence-corrected chi connectivity index (χ1v) is 12.9. The molecule has 0 aliphatic rings. The number of benzene rings is 2. The molecule has 0 radical (unpaired) electrons. The summed E-state index contributed by atoms with van der Waals surface area (Å²) >= 11 is 4.60. The van der Waals surface area contributed by atoms with E-state index in [0.29, 0.717) is 40.8 Å². The number of rotatable bonds is 11. The number of ether oxygens (including phenoxy) is 2. The summed E-state index contributed by atoms with van der Waals surface area (Å²) in [5.41, 5.74) is 10.6. The largest absolute Gasteiger partial charge is 0.457 e. The van der Waals surface area contributed by atoms with Crippen molar-refractivity contribution < 1.29 is 38.4 Å². The molecule has 0 aliphatic heterocycles. The maximum atomic E-state index is 11.2. The second kappa shape index (κ2) is 22.8. The van der Waals surface area contributed by atoms with E-state index in [-0.39, 0.29) is 6.61 Å². The molecule has 2 aromatic carbocycles. The summed E-state index contributed by atoms with van der Waals surface area (Å²) in [5.74, 6) is 0. The minimum Gasteiger partial charge on any atom is -0.457 e. The van der Waals surface area contributed by atoms with Gasteiger partial charge in [0.05, 0.1) is 19.9 Å². The Morgan fingerprint density at radius 3 is 1.56 bits per heavy atom. The number of hydrogen-bond donors (Lipinski definition) is 2. The standard InChI is InChI=1S/C14H19N3O4.C12H17N3O2.C2H3ClO2/c1-10(16-20-4)11(2)17-21-9-12-7-5-6-8-13(12)15-14(18)19-3;1-9(14-16-3)10(2)15-17-8-11-6-4-5-7-12(11)13;1-5-2(3)4/h5-8H,9H2,1-4H3,(H,15,18);4-7H,8,13H2,1-3H3;1H3/b16-10+,17-11+;14-9+,15-10+;. The number of nitrogen functional groups attached to an aromatic ring is 1. The van der Waals surface area contributed by atoms with E-state index in [4.69, 9.17) is 15.4 Å². The van der Waals surface area contributed by atoms with Crippen LogP contribution in [0.5, 0.6) is 0 Å². The summed E-state index contributed by atoms with van der Waals surface area (Å²) in [6.07, 6.45) is -0.537. The van der Waals surface area contributed by atoms with E-state index < -0.39 is 11.5 Å². The first kappa shape index (κ1) is 38.1. The van der Waals surface area contributed by atoms with E-state index in [2.05, 4.69) is 56.7 Å². The highest BCUT2D eigenvalue weighted by molar-refractivity contribution is 6.61. The molecule has 3 N–H and O–H groups in total. The molecule has 0 aliphatic carbocycles. The molecule has 43 heavy (non-hydrogen) atoms. The molecule has 0 aromatic heterocycles. The Kier molecular flexibility index (Phi) is 20.2. The fourth-order valence-corrected chi connectivity index (χ4v) is 2.53. The highest BCUT2D eigenvalue weighted by Gasteiger charge is 2.07. The zero-order valence-electron chi connectivity index (χ0n) is 25.5. The van der Waals surface area contributed by atoms with Crippen molar-refractivity contribution in [3.63, 3.8) is 0 Å². The molecule has 0 heterocycles. The van der Waals surface area contributed by atoms with Crippen LogP contribution in [0.2, 0.25) is 0 Å². The fraction of sp³-hybridized carbons (Fsp3) is 0.357. The van der Waals surface area contributed by atoms with Crippen LogP contribution in [0.25, 0.3) is 0 Å². The smallest absolute Gasteiger partial charge is 0.411 e. The first-order chi connectivity index (χ1) is 20.5. The monoisotopic (exact) mass is 622 g/mol.